The van der Waals surface area contributed by atoms with Crippen LogP contribution in [0.1, 0.15) is 92.0 Å². The Bertz CT molecular complexity index is 7110. The molecule has 0 aliphatic rings. The number of hydrogen-bond acceptors (Lipinski definition) is 8. The average Bonchev–Trinajstić information content (AvgIpc) is 1.60. The maximum Gasteiger partial charge on any atom is 0.227 e. The molecule has 12 aromatic heterocycles. The van der Waals surface area contributed by atoms with E-state index in [1.165, 1.54) is 66.1 Å². The van der Waals surface area contributed by atoms with Crippen molar-refractivity contribution in [1.29, 1.82) is 0 Å². The second-order valence-corrected chi connectivity index (χ2v) is 30.9. The van der Waals surface area contributed by atoms with Crippen molar-refractivity contribution in [2.24, 2.45) is 28.2 Å². The monoisotopic (exact) mass is 1440 g/mol. The van der Waals surface area contributed by atoms with Crippen LogP contribution < -0.4 is 18.3 Å². The Kier molecular flexibility index (Phi) is 17.7. The molecule has 0 aliphatic carbocycles. The largest absolute Gasteiger partial charge is 0.437 e. The minimum absolute atomic E-state index is 0.0798. The van der Waals surface area contributed by atoms with Gasteiger partial charge in [0.05, 0.1) is 43.8 Å². The minimum Gasteiger partial charge on any atom is -0.437 e. The zero-order valence-corrected chi connectivity index (χ0v) is 65.1. The number of fused-ring (bicyclic) bond motifs is 20. The van der Waals surface area contributed by atoms with Crippen molar-refractivity contribution in [1.82, 2.24) is 19.9 Å². The highest BCUT2D eigenvalue weighted by Crippen LogP contribution is 2.45. The van der Waals surface area contributed by atoms with Crippen LogP contribution in [0.2, 0.25) is 0 Å². The summed E-state index contributed by atoms with van der Waals surface area (Å²) in [5.41, 5.74) is 25.6. The predicted molar refractivity (Wildman–Crippen MR) is 448 cm³/mol. The Hall–Kier alpha value is -12.8. The van der Waals surface area contributed by atoms with E-state index in [4.69, 9.17) is 17.7 Å². The maximum atomic E-state index is 6.38. The van der Waals surface area contributed by atoms with E-state index in [1.807, 2.05) is 49.1 Å². The van der Waals surface area contributed by atoms with Crippen molar-refractivity contribution >= 4 is 131 Å². The van der Waals surface area contributed by atoms with Gasteiger partial charge in [-0.2, -0.15) is 0 Å². The third-order valence-corrected chi connectivity index (χ3v) is 22.1. The summed E-state index contributed by atoms with van der Waals surface area (Å²) in [5, 5.41) is 18.1. The van der Waals surface area contributed by atoms with Gasteiger partial charge in [0.2, 0.25) is 45.6 Å². The van der Waals surface area contributed by atoms with Gasteiger partial charge in [0.1, 0.15) is 28.2 Å². The molecule has 12 heterocycles. The highest BCUT2D eigenvalue weighted by molar-refractivity contribution is 6.23. The third-order valence-electron chi connectivity index (χ3n) is 22.1. The van der Waals surface area contributed by atoms with Crippen LogP contribution in [-0.4, -0.2) is 19.9 Å². The summed E-state index contributed by atoms with van der Waals surface area (Å²) in [6.45, 7) is 24.0. The Morgan fingerprint density at radius 1 is 0.345 bits per heavy atom. The van der Waals surface area contributed by atoms with E-state index in [9.17, 15) is 0 Å². The zero-order chi connectivity index (χ0) is 76.1. The molecule has 0 fully saturated rings. The summed E-state index contributed by atoms with van der Waals surface area (Å²) in [7, 11) is 8.38. The molecule has 0 radical (unpaired) electrons. The minimum atomic E-state index is 0.0798. The molecule has 0 aliphatic heterocycles. The van der Waals surface area contributed by atoms with Crippen molar-refractivity contribution < 1.29 is 35.9 Å². The number of nitrogens with zero attached hydrogens (tertiary/aromatic N) is 8. The standard InChI is InChI=1S/C26H25N2O.C25H23N2O.C24H21N2O.C23H19N2O/c1-16-10-11-20-23-19-9-7-6-8-17(19)15-27-25(23)29-24(20)22(16)21-14-18(26(2,3)4)12-13-28(21)5;1-15(2)18-10-12-21(27(4)14-18)22-16(3)9-11-20-23-19-8-6-5-7-17(19)13-26-25(23)28-24(20)22;1-4-16-10-12-20(26(3)14-16)21-15(2)9-11-19-22-18-8-6-5-7-17(18)13-25-24(22)27-23(19)21;1-14-8-11-19(25(3)13-14)20-15(2)9-10-18-21-17-7-5-4-6-16(17)12-24-23(21)26-22(18)20/h6-15H,1-5H3;5-15H,1-4H3;5-14H,4H2,1-3H3;4-13H,1-3H3/q4*+1. The molecule has 0 N–H and O–H groups in total. The summed E-state index contributed by atoms with van der Waals surface area (Å²) in [6.07, 6.45) is 17.3. The van der Waals surface area contributed by atoms with Crippen LogP contribution in [0.5, 0.6) is 0 Å². The molecule has 0 amide bonds. The number of pyridine rings is 8. The molecular formula is C98H88N8O4+4. The number of furan rings is 4. The van der Waals surface area contributed by atoms with Crippen molar-refractivity contribution in [2.45, 2.75) is 93.9 Å². The normalized spacial score (nSPS) is 11.9. The molecule has 0 spiro atoms. The summed E-state index contributed by atoms with van der Waals surface area (Å²) in [5.74, 6) is 0.499. The number of aromatic nitrogens is 8. The lowest BCUT2D eigenvalue weighted by Gasteiger charge is -2.19. The third kappa shape index (κ3) is 12.2. The topological polar surface area (TPSA) is 120 Å². The average molecular weight is 1440 g/mol. The van der Waals surface area contributed by atoms with Crippen molar-refractivity contribution in [2.75, 3.05) is 0 Å². The fourth-order valence-corrected chi connectivity index (χ4v) is 16.2. The van der Waals surface area contributed by atoms with Crippen LogP contribution in [0, 0.1) is 34.6 Å². The molecule has 20 aromatic rings. The number of benzene rings is 8. The van der Waals surface area contributed by atoms with Gasteiger partial charge in [0.15, 0.2) is 47.1 Å². The van der Waals surface area contributed by atoms with Gasteiger partial charge in [0.25, 0.3) is 0 Å². The van der Waals surface area contributed by atoms with E-state index in [0.29, 0.717) is 28.8 Å². The summed E-state index contributed by atoms with van der Waals surface area (Å²) in [4.78, 5) is 18.4. The van der Waals surface area contributed by atoms with Gasteiger partial charge in [-0.05, 0) is 120 Å². The molecule has 0 saturated carbocycles. The molecule has 8 aromatic carbocycles. The van der Waals surface area contributed by atoms with Gasteiger partial charge in [0, 0.05) is 115 Å². The molecule has 0 atom stereocenters. The van der Waals surface area contributed by atoms with Gasteiger partial charge in [-0.3, -0.25) is 0 Å². The number of hydrogen-bond donors (Lipinski definition) is 0. The van der Waals surface area contributed by atoms with Crippen LogP contribution in [0.15, 0.2) is 261 Å². The van der Waals surface area contributed by atoms with E-state index in [0.717, 1.165) is 138 Å². The summed E-state index contributed by atoms with van der Waals surface area (Å²) >= 11 is 0. The van der Waals surface area contributed by atoms with E-state index >= 15 is 0 Å². The van der Waals surface area contributed by atoms with Crippen LogP contribution in [0.4, 0.5) is 0 Å². The van der Waals surface area contributed by atoms with Crippen LogP contribution in [-0.2, 0) is 40.0 Å². The first-order chi connectivity index (χ1) is 53.2. The van der Waals surface area contributed by atoms with Crippen LogP contribution in [0.3, 0.4) is 0 Å². The van der Waals surface area contributed by atoms with Gasteiger partial charge >= 0.3 is 0 Å². The van der Waals surface area contributed by atoms with Crippen molar-refractivity contribution in [3.05, 3.63) is 288 Å². The molecule has 110 heavy (non-hydrogen) atoms. The van der Waals surface area contributed by atoms with E-state index < -0.39 is 0 Å². The van der Waals surface area contributed by atoms with Gasteiger partial charge in [-0.25, -0.2) is 38.2 Å². The second-order valence-electron chi connectivity index (χ2n) is 30.9. The molecule has 12 heteroatoms. The molecule has 540 valence electrons. The summed E-state index contributed by atoms with van der Waals surface area (Å²) < 4.78 is 34.1. The fraction of sp³-hybridized carbons (Fsp3) is 0.184. The first kappa shape index (κ1) is 70.2. The molecule has 0 saturated heterocycles. The van der Waals surface area contributed by atoms with Crippen LogP contribution in [0.25, 0.3) is 176 Å². The molecule has 20 rings (SSSR count). The Morgan fingerprint density at radius 3 is 1.02 bits per heavy atom. The Balaban J connectivity index is 0.000000107. The first-order valence-electron chi connectivity index (χ1n) is 37.9. The van der Waals surface area contributed by atoms with Crippen molar-refractivity contribution in [3.63, 3.8) is 0 Å². The molecule has 0 unspecified atom stereocenters. The van der Waals surface area contributed by atoms with E-state index in [2.05, 4.69) is 337 Å². The number of aryl methyl sites for hydroxylation is 10. The predicted octanol–water partition coefficient (Wildman–Crippen LogP) is 23.0. The van der Waals surface area contributed by atoms with Crippen LogP contribution >= 0.6 is 0 Å². The van der Waals surface area contributed by atoms with Gasteiger partial charge in [-0.15, -0.1) is 0 Å². The van der Waals surface area contributed by atoms with Gasteiger partial charge < -0.3 is 17.7 Å². The van der Waals surface area contributed by atoms with Gasteiger partial charge in [-0.1, -0.05) is 187 Å². The Labute approximate surface area is 638 Å². The lowest BCUT2D eigenvalue weighted by atomic mass is 9.86. The fourth-order valence-electron chi connectivity index (χ4n) is 16.2. The molecule has 12 nitrogen and oxygen atoms in total. The zero-order valence-electron chi connectivity index (χ0n) is 65.1. The molecule has 0 bridgehead atoms. The lowest BCUT2D eigenvalue weighted by molar-refractivity contribution is -0.660. The van der Waals surface area contributed by atoms with E-state index in [-0.39, 0.29) is 5.41 Å². The number of rotatable bonds is 6. The molecular weight excluding hydrogens is 1350 g/mol. The second kappa shape index (κ2) is 27.8. The first-order valence-corrected chi connectivity index (χ1v) is 37.9. The Morgan fingerprint density at radius 2 is 0.682 bits per heavy atom. The maximum absolute atomic E-state index is 6.38. The van der Waals surface area contributed by atoms with E-state index in [1.54, 1.807) is 0 Å². The summed E-state index contributed by atoms with van der Waals surface area (Å²) in [6, 6.07) is 68.4. The lowest BCUT2D eigenvalue weighted by Crippen LogP contribution is -2.32. The smallest absolute Gasteiger partial charge is 0.227 e. The highest BCUT2D eigenvalue weighted by Gasteiger charge is 2.29. The van der Waals surface area contributed by atoms with Crippen molar-refractivity contribution in [3.8, 4) is 45.0 Å². The SMILES string of the molecule is CCc1ccc(-c2c(C)ccc3c2oc2ncc4ccccc4c23)[n+](C)c1.Cc1ccc(-c2c(C)ccc3c2oc2ncc4ccccc4c23)[n+](C)c1.Cc1ccc2c(oc3ncc4ccccc4c32)c1-c1cc(C(C)(C)C)cc[n+]1C.Cc1ccc2c(oc3ncc4ccccc4c32)c1-c1ccc(C(C)C)c[n+]1C. The highest BCUT2D eigenvalue weighted by atomic mass is 16.4. The quantitative estimate of drug-likeness (QED) is 0.151.